The SMILES string of the molecule is c1ccc2c(c1)O[Si]1(O2)Oc2ccccc2O1.c1ccc2c(c1)O[Si]1(O2)Oc2ccccc2O1. The summed E-state index contributed by atoms with van der Waals surface area (Å²) < 4.78 is 45.7. The van der Waals surface area contributed by atoms with E-state index < -0.39 is 18.1 Å². The fraction of sp³-hybridized carbons (Fsp3) is 0. The first-order chi connectivity index (χ1) is 16.7. The maximum atomic E-state index is 5.71. The molecule has 4 aliphatic heterocycles. The molecular weight excluding hydrogens is 472 g/mol. The van der Waals surface area contributed by atoms with Gasteiger partial charge in [0.15, 0.2) is 46.0 Å². The van der Waals surface area contributed by atoms with Crippen LogP contribution in [0.25, 0.3) is 0 Å². The van der Waals surface area contributed by atoms with Gasteiger partial charge in [-0.05, 0) is 48.5 Å². The predicted octanol–water partition coefficient (Wildman–Crippen LogP) is 4.73. The Morgan fingerprint density at radius 1 is 0.265 bits per heavy atom. The molecule has 4 aromatic carbocycles. The van der Waals surface area contributed by atoms with Gasteiger partial charge in [-0.15, -0.1) is 0 Å². The van der Waals surface area contributed by atoms with Crippen molar-refractivity contribution in [1.29, 1.82) is 0 Å². The van der Waals surface area contributed by atoms with Crippen LogP contribution in [0, 0.1) is 0 Å². The van der Waals surface area contributed by atoms with Gasteiger partial charge in [0.1, 0.15) is 0 Å². The maximum Gasteiger partial charge on any atom is 0.967 e. The second kappa shape index (κ2) is 7.10. The molecule has 2 spiro atoms. The van der Waals surface area contributed by atoms with E-state index in [1.807, 2.05) is 97.1 Å². The Morgan fingerprint density at radius 2 is 0.412 bits per heavy atom. The van der Waals surface area contributed by atoms with Crippen LogP contribution in [0.5, 0.6) is 46.0 Å². The van der Waals surface area contributed by atoms with Crippen molar-refractivity contribution in [2.24, 2.45) is 0 Å². The highest BCUT2D eigenvalue weighted by Gasteiger charge is 2.66. The Hall–Kier alpha value is -4.29. The molecule has 0 saturated heterocycles. The zero-order chi connectivity index (χ0) is 22.6. The van der Waals surface area contributed by atoms with Crippen molar-refractivity contribution in [2.75, 3.05) is 0 Å². The van der Waals surface area contributed by atoms with Crippen LogP contribution in [0.4, 0.5) is 0 Å². The Bertz CT molecular complexity index is 1090. The first-order valence-electron chi connectivity index (χ1n) is 10.6. The van der Waals surface area contributed by atoms with Gasteiger partial charge < -0.3 is 35.4 Å². The molecule has 4 aliphatic rings. The third-order valence-electron chi connectivity index (χ3n) is 5.28. The Kier molecular flexibility index (Phi) is 4.01. The lowest BCUT2D eigenvalue weighted by atomic mass is 10.3. The van der Waals surface area contributed by atoms with E-state index in [4.69, 9.17) is 35.4 Å². The molecule has 0 saturated carbocycles. The van der Waals surface area contributed by atoms with E-state index in [0.29, 0.717) is 46.0 Å². The molecule has 0 N–H and O–H groups in total. The molecule has 0 aliphatic carbocycles. The lowest BCUT2D eigenvalue weighted by molar-refractivity contribution is 0.223. The molecule has 8 nitrogen and oxygen atoms in total. The summed E-state index contributed by atoms with van der Waals surface area (Å²) in [5, 5.41) is 0. The van der Waals surface area contributed by atoms with E-state index in [1.54, 1.807) is 0 Å². The summed E-state index contributed by atoms with van der Waals surface area (Å²) in [4.78, 5) is 0. The molecule has 0 aromatic heterocycles. The summed E-state index contributed by atoms with van der Waals surface area (Å²) >= 11 is 0. The van der Waals surface area contributed by atoms with E-state index in [1.165, 1.54) is 0 Å². The summed E-state index contributed by atoms with van der Waals surface area (Å²) in [6.45, 7) is 0. The second-order valence-corrected chi connectivity index (χ2v) is 11.2. The lowest BCUT2D eigenvalue weighted by Gasteiger charge is -2.11. The largest absolute Gasteiger partial charge is 0.967 e. The average Bonchev–Trinajstić information content (AvgIpc) is 3.59. The molecule has 0 radical (unpaired) electrons. The third kappa shape index (κ3) is 3.11. The Balaban J connectivity index is 0.000000118. The molecule has 168 valence electrons. The maximum absolute atomic E-state index is 5.71. The molecule has 4 heterocycles. The highest BCUT2D eigenvalue weighted by atomic mass is 28.4. The Labute approximate surface area is 196 Å². The van der Waals surface area contributed by atoms with Crippen LogP contribution >= 0.6 is 0 Å². The number of benzene rings is 4. The quantitative estimate of drug-likeness (QED) is 0.329. The van der Waals surface area contributed by atoms with Crippen molar-refractivity contribution in [1.82, 2.24) is 0 Å². The third-order valence-corrected chi connectivity index (χ3v) is 9.04. The smallest absolute Gasteiger partial charge is 0.448 e. The van der Waals surface area contributed by atoms with Crippen LogP contribution in [0.3, 0.4) is 0 Å². The topological polar surface area (TPSA) is 73.8 Å². The number of fused-ring (bicyclic) bond motifs is 4. The van der Waals surface area contributed by atoms with Crippen molar-refractivity contribution in [3.05, 3.63) is 97.1 Å². The normalized spacial score (nSPS) is 17.4. The second-order valence-electron chi connectivity index (χ2n) is 7.60. The van der Waals surface area contributed by atoms with Gasteiger partial charge in [0.05, 0.1) is 0 Å². The summed E-state index contributed by atoms with van der Waals surface area (Å²) in [5.74, 6) is 5.38. The molecule has 10 heteroatoms. The van der Waals surface area contributed by atoms with E-state index in [0.717, 1.165) is 0 Å². The van der Waals surface area contributed by atoms with Gasteiger partial charge in [-0.3, -0.25) is 0 Å². The van der Waals surface area contributed by atoms with Crippen LogP contribution in [-0.2, 0) is 0 Å². The first-order valence-corrected chi connectivity index (χ1v) is 13.8. The van der Waals surface area contributed by atoms with Gasteiger partial charge in [-0.2, -0.15) is 0 Å². The first kappa shape index (κ1) is 19.2. The summed E-state index contributed by atoms with van der Waals surface area (Å²) in [6, 6.07) is 29.8. The molecule has 8 rings (SSSR count). The zero-order valence-electron chi connectivity index (χ0n) is 17.5. The molecule has 34 heavy (non-hydrogen) atoms. The van der Waals surface area contributed by atoms with Crippen molar-refractivity contribution in [3.8, 4) is 46.0 Å². The highest BCUT2D eigenvalue weighted by molar-refractivity contribution is 6.59. The highest BCUT2D eigenvalue weighted by Crippen LogP contribution is 2.45. The van der Waals surface area contributed by atoms with E-state index >= 15 is 0 Å². The van der Waals surface area contributed by atoms with Gasteiger partial charge in [0, 0.05) is 0 Å². The number of hydrogen-bond acceptors (Lipinski definition) is 8. The fourth-order valence-electron chi connectivity index (χ4n) is 3.80. The van der Waals surface area contributed by atoms with E-state index in [2.05, 4.69) is 0 Å². The van der Waals surface area contributed by atoms with Gasteiger partial charge in [-0.1, -0.05) is 48.5 Å². The van der Waals surface area contributed by atoms with Crippen LogP contribution < -0.4 is 35.4 Å². The van der Waals surface area contributed by atoms with Gasteiger partial charge >= 0.3 is 18.1 Å². The van der Waals surface area contributed by atoms with Crippen LogP contribution in [0.2, 0.25) is 0 Å². The molecule has 0 unspecified atom stereocenters. The molecule has 0 fully saturated rings. The molecule has 0 atom stereocenters. The van der Waals surface area contributed by atoms with Crippen LogP contribution in [0.1, 0.15) is 0 Å². The average molecular weight is 489 g/mol. The van der Waals surface area contributed by atoms with Crippen LogP contribution in [0.15, 0.2) is 97.1 Å². The van der Waals surface area contributed by atoms with Gasteiger partial charge in [-0.25, -0.2) is 0 Å². The number of hydrogen-bond donors (Lipinski definition) is 0. The minimum Gasteiger partial charge on any atom is -0.448 e. The molecule has 0 amide bonds. The number of para-hydroxylation sites is 8. The summed E-state index contributed by atoms with van der Waals surface area (Å²) in [5.41, 5.74) is 0. The summed E-state index contributed by atoms with van der Waals surface area (Å²) in [6.07, 6.45) is 0. The zero-order valence-corrected chi connectivity index (χ0v) is 19.5. The van der Waals surface area contributed by atoms with E-state index in [-0.39, 0.29) is 0 Å². The minimum absolute atomic E-state index is 0.673. The van der Waals surface area contributed by atoms with Gasteiger partial charge in [0.2, 0.25) is 0 Å². The van der Waals surface area contributed by atoms with Gasteiger partial charge in [0.25, 0.3) is 0 Å². The minimum atomic E-state index is -3.08. The number of rotatable bonds is 0. The van der Waals surface area contributed by atoms with E-state index in [9.17, 15) is 0 Å². The van der Waals surface area contributed by atoms with Crippen molar-refractivity contribution < 1.29 is 35.4 Å². The van der Waals surface area contributed by atoms with Crippen molar-refractivity contribution >= 4 is 18.1 Å². The van der Waals surface area contributed by atoms with Crippen molar-refractivity contribution in [2.45, 2.75) is 0 Å². The summed E-state index contributed by atoms with van der Waals surface area (Å²) in [7, 11) is -6.16. The predicted molar refractivity (Wildman–Crippen MR) is 122 cm³/mol. The monoisotopic (exact) mass is 488 g/mol. The lowest BCUT2D eigenvalue weighted by Crippen LogP contribution is -2.54. The Morgan fingerprint density at radius 3 is 0.559 bits per heavy atom. The molecular formula is C24H16O8Si2. The standard InChI is InChI=1S/2C12H8O4Si/c2*1-2-6-10-9(5-1)13-17(14-10)15-11-7-3-4-8-12(11)16-17/h2*1-8H. The van der Waals surface area contributed by atoms with Crippen molar-refractivity contribution in [3.63, 3.8) is 0 Å². The molecule has 0 bridgehead atoms. The van der Waals surface area contributed by atoms with Crippen LogP contribution in [-0.4, -0.2) is 18.1 Å². The molecule has 4 aromatic rings. The fourth-order valence-corrected chi connectivity index (χ4v) is 7.81.